The van der Waals surface area contributed by atoms with E-state index in [1.165, 1.54) is 6.42 Å². The lowest BCUT2D eigenvalue weighted by Crippen LogP contribution is -2.29. The minimum Gasteiger partial charge on any atom is -0.497 e. The van der Waals surface area contributed by atoms with Gasteiger partial charge in [-0.2, -0.15) is 0 Å². The first-order chi connectivity index (χ1) is 12.2. The predicted octanol–water partition coefficient (Wildman–Crippen LogP) is 5.14. The molecule has 0 spiro atoms. The van der Waals surface area contributed by atoms with Crippen molar-refractivity contribution in [3.8, 4) is 22.6 Å². The fraction of sp³-hybridized carbons (Fsp3) is 0.409. The van der Waals surface area contributed by atoms with Gasteiger partial charge in [0.25, 0.3) is 0 Å². The van der Waals surface area contributed by atoms with Crippen LogP contribution in [0.4, 0.5) is 0 Å². The largest absolute Gasteiger partial charge is 0.497 e. The minimum absolute atomic E-state index is 0.173. The van der Waals surface area contributed by atoms with Gasteiger partial charge in [-0.15, -0.1) is 0 Å². The van der Waals surface area contributed by atoms with Gasteiger partial charge in [0.1, 0.15) is 17.3 Å². The van der Waals surface area contributed by atoms with E-state index in [4.69, 9.17) is 9.47 Å². The van der Waals surface area contributed by atoms with Crippen LogP contribution < -0.4 is 9.47 Å². The van der Waals surface area contributed by atoms with Crippen LogP contribution in [0.1, 0.15) is 32.6 Å². The van der Waals surface area contributed by atoms with Crippen molar-refractivity contribution in [2.45, 2.75) is 32.6 Å². The molecule has 0 aromatic heterocycles. The van der Waals surface area contributed by atoms with Gasteiger partial charge in [0.15, 0.2) is 0 Å². The second kappa shape index (κ2) is 8.19. The van der Waals surface area contributed by atoms with Crippen molar-refractivity contribution in [3.63, 3.8) is 0 Å². The van der Waals surface area contributed by atoms with Gasteiger partial charge < -0.3 is 9.47 Å². The third-order valence-electron chi connectivity index (χ3n) is 5.17. The summed E-state index contributed by atoms with van der Waals surface area (Å²) in [5.74, 6) is 2.56. The van der Waals surface area contributed by atoms with E-state index < -0.39 is 0 Å². The zero-order valence-electron chi connectivity index (χ0n) is 15.0. The third kappa shape index (κ3) is 4.41. The number of rotatable bonds is 6. The molecule has 132 valence electrons. The Balaban J connectivity index is 1.61. The summed E-state index contributed by atoms with van der Waals surface area (Å²) in [5, 5.41) is 0. The van der Waals surface area contributed by atoms with Crippen LogP contribution in [0.25, 0.3) is 11.1 Å². The highest BCUT2D eigenvalue weighted by Gasteiger charge is 2.28. The summed E-state index contributed by atoms with van der Waals surface area (Å²) >= 11 is 0. The van der Waals surface area contributed by atoms with E-state index in [0.29, 0.717) is 18.3 Å². The number of hydrogen-bond acceptors (Lipinski definition) is 3. The zero-order valence-corrected chi connectivity index (χ0v) is 15.0. The molecule has 0 amide bonds. The Bertz CT molecular complexity index is 688. The number of Topliss-reactive ketones (excluding diaryl/α,β-unsaturated/α-hetero) is 1. The van der Waals surface area contributed by atoms with Gasteiger partial charge in [0.2, 0.25) is 0 Å². The summed E-state index contributed by atoms with van der Waals surface area (Å²) in [6, 6.07) is 16.2. The minimum atomic E-state index is 0.173. The van der Waals surface area contributed by atoms with Gasteiger partial charge in [0, 0.05) is 11.8 Å². The predicted molar refractivity (Wildman–Crippen MR) is 100 cm³/mol. The maximum absolute atomic E-state index is 11.8. The molecule has 2 unspecified atom stereocenters. The van der Waals surface area contributed by atoms with Crippen LogP contribution in [0.15, 0.2) is 48.5 Å². The van der Waals surface area contributed by atoms with E-state index in [9.17, 15) is 4.79 Å². The van der Waals surface area contributed by atoms with E-state index in [2.05, 4.69) is 12.1 Å². The van der Waals surface area contributed by atoms with Crippen molar-refractivity contribution in [2.24, 2.45) is 11.8 Å². The Morgan fingerprint density at radius 1 is 0.920 bits per heavy atom. The molecule has 0 radical (unpaired) electrons. The van der Waals surface area contributed by atoms with E-state index in [1.54, 1.807) is 14.0 Å². The number of carbonyl (C=O) groups is 1. The lowest BCUT2D eigenvalue weighted by atomic mass is 9.78. The van der Waals surface area contributed by atoms with Crippen molar-refractivity contribution in [1.82, 2.24) is 0 Å². The average Bonchev–Trinajstić information content (AvgIpc) is 2.67. The summed E-state index contributed by atoms with van der Waals surface area (Å²) in [4.78, 5) is 11.8. The Morgan fingerprint density at radius 2 is 1.48 bits per heavy atom. The van der Waals surface area contributed by atoms with Crippen molar-refractivity contribution in [2.75, 3.05) is 13.7 Å². The van der Waals surface area contributed by atoms with E-state index in [1.807, 2.05) is 36.4 Å². The first-order valence-corrected chi connectivity index (χ1v) is 9.05. The van der Waals surface area contributed by atoms with Gasteiger partial charge in [-0.1, -0.05) is 37.1 Å². The standard InChI is InChI=1S/C22H26O3/c1-16(23)22-6-4-3-5-19(22)15-25-21-13-9-18(10-14-21)17-7-11-20(24-2)12-8-17/h7-14,19,22H,3-6,15H2,1-2H3. The highest BCUT2D eigenvalue weighted by Crippen LogP contribution is 2.31. The zero-order chi connectivity index (χ0) is 17.6. The fourth-order valence-electron chi connectivity index (χ4n) is 3.67. The van der Waals surface area contributed by atoms with E-state index >= 15 is 0 Å². The molecule has 0 heterocycles. The molecule has 2 aromatic carbocycles. The number of ether oxygens (including phenoxy) is 2. The van der Waals surface area contributed by atoms with Crippen molar-refractivity contribution < 1.29 is 14.3 Å². The van der Waals surface area contributed by atoms with Gasteiger partial charge >= 0.3 is 0 Å². The molecule has 3 rings (SSSR count). The highest BCUT2D eigenvalue weighted by molar-refractivity contribution is 5.78. The van der Waals surface area contributed by atoms with Gasteiger partial charge in [-0.25, -0.2) is 0 Å². The Hall–Kier alpha value is -2.29. The Labute approximate surface area is 150 Å². The summed E-state index contributed by atoms with van der Waals surface area (Å²) in [7, 11) is 1.67. The van der Waals surface area contributed by atoms with Gasteiger partial charge in [-0.3, -0.25) is 4.79 Å². The van der Waals surface area contributed by atoms with Crippen LogP contribution in [-0.2, 0) is 4.79 Å². The Morgan fingerprint density at radius 3 is 2.04 bits per heavy atom. The maximum Gasteiger partial charge on any atom is 0.133 e. The van der Waals surface area contributed by atoms with Crippen LogP contribution in [0, 0.1) is 11.8 Å². The van der Waals surface area contributed by atoms with Crippen LogP contribution in [0.2, 0.25) is 0 Å². The molecule has 3 heteroatoms. The first-order valence-electron chi connectivity index (χ1n) is 9.05. The molecular weight excluding hydrogens is 312 g/mol. The van der Waals surface area contributed by atoms with E-state index in [0.717, 1.165) is 41.9 Å². The average molecular weight is 338 g/mol. The molecule has 2 atom stereocenters. The smallest absolute Gasteiger partial charge is 0.133 e. The second-order valence-electron chi connectivity index (χ2n) is 6.83. The Kier molecular flexibility index (Phi) is 5.75. The molecule has 0 aliphatic heterocycles. The van der Waals surface area contributed by atoms with Crippen LogP contribution >= 0.6 is 0 Å². The summed E-state index contributed by atoms with van der Waals surface area (Å²) < 4.78 is 11.2. The maximum atomic E-state index is 11.8. The lowest BCUT2D eigenvalue weighted by Gasteiger charge is -2.29. The molecule has 0 bridgehead atoms. The quantitative estimate of drug-likeness (QED) is 0.732. The highest BCUT2D eigenvalue weighted by atomic mass is 16.5. The number of ketones is 1. The molecule has 0 saturated heterocycles. The van der Waals surface area contributed by atoms with Gasteiger partial charge in [0.05, 0.1) is 13.7 Å². The normalized spacial score (nSPS) is 20.1. The fourth-order valence-corrected chi connectivity index (χ4v) is 3.67. The van der Waals surface area contributed by atoms with E-state index in [-0.39, 0.29) is 5.92 Å². The molecule has 0 N–H and O–H groups in total. The van der Waals surface area contributed by atoms with Crippen LogP contribution in [-0.4, -0.2) is 19.5 Å². The molecule has 1 saturated carbocycles. The van der Waals surface area contributed by atoms with Crippen molar-refractivity contribution in [1.29, 1.82) is 0 Å². The summed E-state index contributed by atoms with van der Waals surface area (Å²) in [6.07, 6.45) is 4.47. The topological polar surface area (TPSA) is 35.5 Å². The molecule has 3 nitrogen and oxygen atoms in total. The number of hydrogen-bond donors (Lipinski definition) is 0. The van der Waals surface area contributed by atoms with Crippen molar-refractivity contribution in [3.05, 3.63) is 48.5 Å². The number of carbonyl (C=O) groups excluding carboxylic acids is 1. The SMILES string of the molecule is COc1ccc(-c2ccc(OCC3CCCCC3C(C)=O)cc2)cc1. The molecule has 25 heavy (non-hydrogen) atoms. The molecule has 1 aliphatic carbocycles. The molecule has 2 aromatic rings. The van der Waals surface area contributed by atoms with Crippen LogP contribution in [0.5, 0.6) is 11.5 Å². The molecular formula is C22H26O3. The van der Waals surface area contributed by atoms with Crippen molar-refractivity contribution >= 4 is 5.78 Å². The summed E-state index contributed by atoms with van der Waals surface area (Å²) in [5.41, 5.74) is 2.30. The van der Waals surface area contributed by atoms with Crippen LogP contribution in [0.3, 0.4) is 0 Å². The number of benzene rings is 2. The second-order valence-corrected chi connectivity index (χ2v) is 6.83. The third-order valence-corrected chi connectivity index (χ3v) is 5.17. The first kappa shape index (κ1) is 17.5. The van der Waals surface area contributed by atoms with Gasteiger partial charge in [-0.05, 0) is 55.2 Å². The number of methoxy groups -OCH3 is 1. The molecule has 1 fully saturated rings. The monoisotopic (exact) mass is 338 g/mol. The lowest BCUT2D eigenvalue weighted by molar-refractivity contribution is -0.123. The molecule has 1 aliphatic rings. The summed E-state index contributed by atoms with van der Waals surface area (Å²) in [6.45, 7) is 2.35.